The third kappa shape index (κ3) is 26.5. The first-order chi connectivity index (χ1) is 32.9. The summed E-state index contributed by atoms with van der Waals surface area (Å²) in [5.74, 6) is 0. The van der Waals surface area contributed by atoms with Gasteiger partial charge in [-0.3, -0.25) is 0 Å². The zero-order chi connectivity index (χ0) is 49.3. The molecular weight excluding hydrogens is 1020 g/mol. The van der Waals surface area contributed by atoms with Crippen molar-refractivity contribution >= 4 is 90.7 Å². The van der Waals surface area contributed by atoms with Crippen LogP contribution in [0.1, 0.15) is 255 Å². The molecule has 0 aliphatic heterocycles. The third-order valence-corrected chi connectivity index (χ3v) is 15.9. The van der Waals surface area contributed by atoms with Gasteiger partial charge in [0.2, 0.25) is 0 Å². The van der Waals surface area contributed by atoms with Gasteiger partial charge in [0.25, 0.3) is 0 Å². The molecule has 384 valence electrons. The Morgan fingerprint density at radius 3 is 0.797 bits per heavy atom. The van der Waals surface area contributed by atoms with Gasteiger partial charge in [0.05, 0.1) is 9.79 Å². The minimum Gasteiger partial charge on any atom is -0.744 e. The molecule has 0 atom stereocenters. The molecule has 6 nitrogen and oxygen atoms in total. The van der Waals surface area contributed by atoms with E-state index in [9.17, 15) is 25.9 Å². The van der Waals surface area contributed by atoms with Crippen LogP contribution in [0.3, 0.4) is 0 Å². The van der Waals surface area contributed by atoms with Crippen LogP contribution in [0.15, 0.2) is 70.5 Å². The molecule has 0 amide bonds. The molecule has 0 aromatic heterocycles. The van der Waals surface area contributed by atoms with Crippen LogP contribution in [0.5, 0.6) is 0 Å². The molecule has 0 fully saturated rings. The fourth-order valence-electron chi connectivity index (χ4n) is 9.92. The van der Waals surface area contributed by atoms with Crippen LogP contribution in [-0.2, 0) is 45.9 Å². The van der Waals surface area contributed by atoms with Crippen molar-refractivity contribution in [2.24, 2.45) is 0 Å². The SMILES string of the molecule is CCCCCCCCCCc1cc2cccc(CCCCCCCCCC)c2cc1S(=O)(=O)[O-].CCCCCCCCCCc1cc2cccc(CCCCCCCCCC)c2cc1S(=O)(=O)[O-].[Ba+2]. The molecule has 0 aliphatic carbocycles. The number of rotatable bonds is 38. The molecule has 4 rings (SSSR count). The summed E-state index contributed by atoms with van der Waals surface area (Å²) in [6, 6.07) is 19.6. The van der Waals surface area contributed by atoms with E-state index in [4.69, 9.17) is 0 Å². The predicted octanol–water partition coefficient (Wildman–Crippen LogP) is 17.8. The van der Waals surface area contributed by atoms with Gasteiger partial charge in [-0.2, -0.15) is 0 Å². The maximum Gasteiger partial charge on any atom is 2.00 e. The van der Waals surface area contributed by atoms with Crippen molar-refractivity contribution in [3.8, 4) is 0 Å². The normalized spacial score (nSPS) is 11.8. The fourth-order valence-corrected chi connectivity index (χ4v) is 11.4. The first kappa shape index (κ1) is 63.9. The summed E-state index contributed by atoms with van der Waals surface area (Å²) in [7, 11) is -8.98. The van der Waals surface area contributed by atoms with Crippen LogP contribution < -0.4 is 0 Å². The smallest absolute Gasteiger partial charge is 0.744 e. The minimum absolute atomic E-state index is 0. The number of fused-ring (bicyclic) bond motifs is 2. The van der Waals surface area contributed by atoms with Gasteiger partial charge in [-0.15, -0.1) is 0 Å². The Hall–Kier alpha value is -1.21. The van der Waals surface area contributed by atoms with Crippen molar-refractivity contribution in [1.29, 1.82) is 0 Å². The van der Waals surface area contributed by atoms with Crippen molar-refractivity contribution in [2.75, 3.05) is 0 Å². The summed E-state index contributed by atoms with van der Waals surface area (Å²) < 4.78 is 72.6. The van der Waals surface area contributed by atoms with Crippen molar-refractivity contribution in [3.63, 3.8) is 0 Å². The van der Waals surface area contributed by atoms with E-state index < -0.39 is 20.2 Å². The number of unbranched alkanes of at least 4 members (excludes halogenated alkanes) is 28. The van der Waals surface area contributed by atoms with E-state index in [1.165, 1.54) is 167 Å². The molecule has 0 saturated carbocycles. The molecule has 4 aromatic carbocycles. The Morgan fingerprint density at radius 2 is 0.551 bits per heavy atom. The van der Waals surface area contributed by atoms with Gasteiger partial charge in [0.1, 0.15) is 20.2 Å². The average Bonchev–Trinajstić information content (AvgIpc) is 3.31. The molecule has 0 radical (unpaired) electrons. The van der Waals surface area contributed by atoms with Gasteiger partial charge >= 0.3 is 48.9 Å². The molecule has 0 N–H and O–H groups in total. The second-order valence-electron chi connectivity index (χ2n) is 20.0. The van der Waals surface area contributed by atoms with Crippen LogP contribution in [-0.4, -0.2) is 74.8 Å². The van der Waals surface area contributed by atoms with E-state index >= 15 is 0 Å². The Labute approximate surface area is 463 Å². The summed E-state index contributed by atoms with van der Waals surface area (Å²) in [4.78, 5) is -0.0161. The number of aryl methyl sites for hydroxylation is 4. The molecule has 9 heteroatoms. The molecule has 0 bridgehead atoms. The molecule has 69 heavy (non-hydrogen) atoms. The summed E-state index contributed by atoms with van der Waals surface area (Å²) in [5.41, 5.74) is 3.70. The molecule has 4 aromatic rings. The Morgan fingerprint density at radius 1 is 0.319 bits per heavy atom. The van der Waals surface area contributed by atoms with Gasteiger partial charge in [-0.1, -0.05) is 244 Å². The first-order valence-electron chi connectivity index (χ1n) is 27.9. The largest absolute Gasteiger partial charge is 2.00 e. The quantitative estimate of drug-likeness (QED) is 0.0251. The van der Waals surface area contributed by atoms with Gasteiger partial charge in [-0.05, 0) is 119 Å². The maximum absolute atomic E-state index is 12.1. The molecule has 0 heterocycles. The third-order valence-electron chi connectivity index (χ3n) is 14.0. The zero-order valence-electron chi connectivity index (χ0n) is 44.2. The van der Waals surface area contributed by atoms with E-state index in [0.29, 0.717) is 24.0 Å². The summed E-state index contributed by atoms with van der Waals surface area (Å²) >= 11 is 0. The van der Waals surface area contributed by atoms with E-state index in [1.54, 1.807) is 12.1 Å². The fraction of sp³-hybridized carbons (Fsp3) is 0.667. The second-order valence-corrected chi connectivity index (χ2v) is 22.7. The van der Waals surface area contributed by atoms with Gasteiger partial charge in [0.15, 0.2) is 0 Å². The maximum atomic E-state index is 12.1. The van der Waals surface area contributed by atoms with Gasteiger partial charge in [-0.25, -0.2) is 16.8 Å². The van der Waals surface area contributed by atoms with E-state index in [-0.39, 0.29) is 58.7 Å². The molecule has 0 aliphatic rings. The Kier molecular flexibility index (Phi) is 35.5. The molecule has 0 unspecified atom stereocenters. The standard InChI is InChI=1S/2C30H48O3S.Ba/c2*1-3-5-7-9-11-13-15-17-20-26-22-19-23-27-24-28(30(25-29(26)27)34(31,32)33)21-18-16-14-12-10-8-6-4-2;/h2*19,22-25H,3-18,20-21H2,1-2H3,(H,31,32,33);/q;;+2/p-2. The monoisotopic (exact) mass is 1110 g/mol. The predicted molar refractivity (Wildman–Crippen MR) is 295 cm³/mol. The van der Waals surface area contributed by atoms with E-state index in [1.807, 2.05) is 24.3 Å². The van der Waals surface area contributed by atoms with E-state index in [2.05, 4.69) is 52.0 Å². The van der Waals surface area contributed by atoms with Crippen LogP contribution in [0.2, 0.25) is 0 Å². The summed E-state index contributed by atoms with van der Waals surface area (Å²) in [5, 5.41) is 3.97. The van der Waals surface area contributed by atoms with Crippen molar-refractivity contribution < 1.29 is 25.9 Å². The number of hydrogen-bond acceptors (Lipinski definition) is 6. The van der Waals surface area contributed by atoms with Crippen molar-refractivity contribution in [3.05, 3.63) is 82.9 Å². The topological polar surface area (TPSA) is 114 Å². The zero-order valence-corrected chi connectivity index (χ0v) is 50.3. The number of benzene rings is 4. The number of hydrogen-bond donors (Lipinski definition) is 0. The minimum atomic E-state index is -4.49. The summed E-state index contributed by atoms with van der Waals surface area (Å²) in [6.45, 7) is 8.94. The first-order valence-corrected chi connectivity index (χ1v) is 30.8. The average molecular weight is 1110 g/mol. The molecule has 0 saturated heterocycles. The molecular formula is C60H94BaO6S2. The van der Waals surface area contributed by atoms with E-state index in [0.717, 1.165) is 84.0 Å². The van der Waals surface area contributed by atoms with Gasteiger partial charge in [0, 0.05) is 0 Å². The van der Waals surface area contributed by atoms with Crippen molar-refractivity contribution in [2.45, 2.75) is 269 Å². The van der Waals surface area contributed by atoms with Crippen LogP contribution >= 0.6 is 0 Å². The van der Waals surface area contributed by atoms with Crippen LogP contribution in [0.25, 0.3) is 21.5 Å². The molecule has 0 spiro atoms. The van der Waals surface area contributed by atoms with Crippen LogP contribution in [0, 0.1) is 0 Å². The van der Waals surface area contributed by atoms with Crippen molar-refractivity contribution in [1.82, 2.24) is 0 Å². The van der Waals surface area contributed by atoms with Gasteiger partial charge < -0.3 is 9.11 Å². The van der Waals surface area contributed by atoms with Crippen LogP contribution in [0.4, 0.5) is 0 Å². The summed E-state index contributed by atoms with van der Waals surface area (Å²) in [6.07, 6.45) is 42.7. The Bertz CT molecular complexity index is 2030. The Balaban J connectivity index is 0.000000467. The second kappa shape index (κ2) is 38.4.